The van der Waals surface area contributed by atoms with E-state index in [0.29, 0.717) is 10.7 Å². The molecule has 66 valence electrons. The molecule has 0 aliphatic carbocycles. The van der Waals surface area contributed by atoms with Crippen LogP contribution in [0.3, 0.4) is 0 Å². The van der Waals surface area contributed by atoms with E-state index in [4.69, 9.17) is 22.6 Å². The maximum absolute atomic E-state index is 10.9. The summed E-state index contributed by atoms with van der Waals surface area (Å²) < 4.78 is 10.9. The van der Waals surface area contributed by atoms with Crippen molar-refractivity contribution in [1.29, 1.82) is 0 Å². The molecule has 6 heteroatoms. The second-order valence-corrected chi connectivity index (χ2v) is 4.35. The van der Waals surface area contributed by atoms with Crippen LogP contribution in [0.2, 0.25) is 5.02 Å². The van der Waals surface area contributed by atoms with Crippen LogP contribution in [0.25, 0.3) is 0 Å². The van der Waals surface area contributed by atoms with E-state index in [-0.39, 0.29) is 0 Å². The number of halogens is 1. The Bertz CT molecular complexity index is 324. The molecule has 0 aromatic heterocycles. The minimum Gasteiger partial charge on any atom is -0.312 e. The zero-order valence-electron chi connectivity index (χ0n) is 6.20. The summed E-state index contributed by atoms with van der Waals surface area (Å²) >= 11 is 5.74. The van der Waals surface area contributed by atoms with Crippen LogP contribution in [0.1, 0.15) is 0 Å². The maximum atomic E-state index is 10.9. The Kier molecular flexibility index (Phi) is 2.75. The maximum Gasteiger partial charge on any atom is 0.298 e. The molecule has 0 fully saturated rings. The van der Waals surface area contributed by atoms with Gasteiger partial charge in [0.05, 0.1) is 10.7 Å². The van der Waals surface area contributed by atoms with Crippen LogP contribution in [0.4, 0.5) is 5.69 Å². The summed E-state index contributed by atoms with van der Waals surface area (Å²) in [6.07, 6.45) is 0. The molecule has 1 aromatic carbocycles. The Morgan fingerprint density at radius 1 is 1.33 bits per heavy atom. The lowest BCUT2D eigenvalue weighted by atomic mass is 10.3. The minimum atomic E-state index is -3.25. The molecular weight excluding hydrogens is 197 g/mol. The first kappa shape index (κ1) is 9.55. The number of para-hydroxylation sites is 1. The predicted molar refractivity (Wildman–Crippen MR) is 51.1 cm³/mol. The monoisotopic (exact) mass is 205 g/mol. The van der Waals surface area contributed by atoms with Gasteiger partial charge >= 0.3 is 0 Å². The van der Waals surface area contributed by atoms with Crippen molar-refractivity contribution in [3.8, 4) is 0 Å². The molecule has 0 unspecified atom stereocenters. The Morgan fingerprint density at radius 2 is 1.92 bits per heavy atom. The van der Waals surface area contributed by atoms with E-state index in [1.54, 1.807) is 24.3 Å². The molecule has 0 heterocycles. The predicted octanol–water partition coefficient (Wildman–Crippen LogP) is 1.78. The SMILES string of the molecule is NP(N)(=O)Nc1ccccc1Cl. The molecule has 4 nitrogen and oxygen atoms in total. The van der Waals surface area contributed by atoms with Crippen molar-refractivity contribution in [2.24, 2.45) is 11.0 Å². The largest absolute Gasteiger partial charge is 0.312 e. The van der Waals surface area contributed by atoms with Gasteiger partial charge in [0.25, 0.3) is 7.59 Å². The van der Waals surface area contributed by atoms with Crippen LogP contribution in [-0.2, 0) is 4.57 Å². The molecule has 0 amide bonds. The lowest BCUT2D eigenvalue weighted by Crippen LogP contribution is -2.13. The second kappa shape index (κ2) is 3.46. The zero-order valence-corrected chi connectivity index (χ0v) is 7.85. The third kappa shape index (κ3) is 2.83. The Hall–Kier alpha value is -0.540. The summed E-state index contributed by atoms with van der Waals surface area (Å²) in [5.74, 6) is 0. The quantitative estimate of drug-likeness (QED) is 0.643. The molecule has 5 N–H and O–H groups in total. The van der Waals surface area contributed by atoms with Crippen LogP contribution < -0.4 is 16.1 Å². The van der Waals surface area contributed by atoms with Gasteiger partial charge in [0.2, 0.25) is 0 Å². The van der Waals surface area contributed by atoms with E-state index in [1.165, 1.54) is 0 Å². The first-order valence-electron chi connectivity index (χ1n) is 3.19. The van der Waals surface area contributed by atoms with Gasteiger partial charge in [-0.05, 0) is 12.1 Å². The van der Waals surface area contributed by atoms with E-state index in [0.717, 1.165) is 0 Å². The smallest absolute Gasteiger partial charge is 0.298 e. The molecule has 0 saturated heterocycles. The zero-order chi connectivity index (χ0) is 9.19. The molecule has 0 aliphatic heterocycles. The van der Waals surface area contributed by atoms with E-state index in [9.17, 15) is 4.57 Å². The van der Waals surface area contributed by atoms with Gasteiger partial charge in [-0.25, -0.2) is 0 Å². The normalized spacial score (nSPS) is 11.2. The summed E-state index contributed by atoms with van der Waals surface area (Å²) in [5, 5.41) is 2.87. The van der Waals surface area contributed by atoms with Crippen LogP contribution in [-0.4, -0.2) is 0 Å². The molecule has 0 bridgehead atoms. The van der Waals surface area contributed by atoms with Gasteiger partial charge in [-0.15, -0.1) is 0 Å². The molecule has 1 rings (SSSR count). The highest BCUT2D eigenvalue weighted by molar-refractivity contribution is 7.60. The summed E-state index contributed by atoms with van der Waals surface area (Å²) in [6, 6.07) is 6.80. The van der Waals surface area contributed by atoms with Crippen LogP contribution in [0, 0.1) is 0 Å². The van der Waals surface area contributed by atoms with Crippen LogP contribution in [0.5, 0.6) is 0 Å². The van der Waals surface area contributed by atoms with Gasteiger partial charge in [-0.2, -0.15) is 0 Å². The molecule has 0 aliphatic rings. The summed E-state index contributed by atoms with van der Waals surface area (Å²) in [4.78, 5) is 0. The van der Waals surface area contributed by atoms with Gasteiger partial charge in [-0.3, -0.25) is 15.6 Å². The van der Waals surface area contributed by atoms with E-state index < -0.39 is 7.59 Å². The second-order valence-electron chi connectivity index (χ2n) is 2.30. The number of hydrogen-bond acceptors (Lipinski definition) is 1. The molecule has 0 spiro atoms. The summed E-state index contributed by atoms with van der Waals surface area (Å²) in [7, 11) is -3.25. The van der Waals surface area contributed by atoms with E-state index in [1.807, 2.05) is 0 Å². The van der Waals surface area contributed by atoms with Gasteiger partial charge < -0.3 is 5.09 Å². The number of benzene rings is 1. The van der Waals surface area contributed by atoms with Gasteiger partial charge in [0.1, 0.15) is 0 Å². The van der Waals surface area contributed by atoms with Crippen molar-refractivity contribution in [1.82, 2.24) is 0 Å². The van der Waals surface area contributed by atoms with E-state index >= 15 is 0 Å². The first-order valence-corrected chi connectivity index (χ1v) is 5.41. The third-order valence-corrected chi connectivity index (χ3v) is 2.09. The Balaban J connectivity index is 2.90. The Morgan fingerprint density at radius 3 is 2.42 bits per heavy atom. The molecule has 0 saturated carbocycles. The molecule has 0 radical (unpaired) electrons. The third-order valence-electron chi connectivity index (χ3n) is 1.17. The number of nitrogens with one attached hydrogen (secondary N) is 1. The highest BCUT2D eigenvalue weighted by Gasteiger charge is 2.08. The number of nitrogens with two attached hydrogens (primary N) is 2. The average molecular weight is 206 g/mol. The van der Waals surface area contributed by atoms with Crippen LogP contribution in [0.15, 0.2) is 24.3 Å². The van der Waals surface area contributed by atoms with Crippen molar-refractivity contribution < 1.29 is 4.57 Å². The first-order chi connectivity index (χ1) is 5.49. The average Bonchev–Trinajstić information content (AvgIpc) is 1.91. The van der Waals surface area contributed by atoms with Gasteiger partial charge in [0, 0.05) is 0 Å². The summed E-state index contributed by atoms with van der Waals surface area (Å²) in [5.41, 5.74) is 10.7. The van der Waals surface area contributed by atoms with Crippen molar-refractivity contribution in [2.75, 3.05) is 5.09 Å². The van der Waals surface area contributed by atoms with Crippen molar-refractivity contribution >= 4 is 24.9 Å². The fourth-order valence-electron chi connectivity index (χ4n) is 0.740. The topological polar surface area (TPSA) is 81.1 Å². The Labute approximate surface area is 75.4 Å². The van der Waals surface area contributed by atoms with Crippen molar-refractivity contribution in [3.63, 3.8) is 0 Å². The fourth-order valence-corrected chi connectivity index (χ4v) is 1.56. The van der Waals surface area contributed by atoms with Crippen molar-refractivity contribution in [2.45, 2.75) is 0 Å². The number of anilines is 1. The lowest BCUT2D eigenvalue weighted by molar-refractivity contribution is 0.580. The van der Waals surface area contributed by atoms with Crippen molar-refractivity contribution in [3.05, 3.63) is 29.3 Å². The molecular formula is C6H9ClN3OP. The minimum absolute atomic E-state index is 0.439. The highest BCUT2D eigenvalue weighted by Crippen LogP contribution is 2.31. The number of hydrogen-bond donors (Lipinski definition) is 3. The highest BCUT2D eigenvalue weighted by atomic mass is 35.5. The molecule has 12 heavy (non-hydrogen) atoms. The lowest BCUT2D eigenvalue weighted by Gasteiger charge is -2.10. The van der Waals surface area contributed by atoms with E-state index in [2.05, 4.69) is 5.09 Å². The number of rotatable bonds is 2. The van der Waals surface area contributed by atoms with Gasteiger partial charge in [0.15, 0.2) is 0 Å². The fraction of sp³-hybridized carbons (Fsp3) is 0. The molecule has 1 aromatic rings. The molecule has 0 atom stereocenters. The summed E-state index contributed by atoms with van der Waals surface area (Å²) in [6.45, 7) is 0. The van der Waals surface area contributed by atoms with Crippen LogP contribution >= 0.6 is 19.2 Å². The standard InChI is InChI=1S/C6H9ClN3OP/c7-5-3-1-2-4-6(5)10-12(8,9)11/h1-4H,(H5,8,9,10,11). The van der Waals surface area contributed by atoms with Gasteiger partial charge in [-0.1, -0.05) is 23.7 Å².